The first-order chi connectivity index (χ1) is 9.68. The van der Waals surface area contributed by atoms with E-state index >= 15 is 0 Å². The molecule has 0 spiro atoms. The summed E-state index contributed by atoms with van der Waals surface area (Å²) in [6.45, 7) is 14.7. The number of hydrogen-bond donors (Lipinski definition) is 0. The van der Waals surface area contributed by atoms with E-state index in [0.717, 1.165) is 0 Å². The molecule has 0 aromatic heterocycles. The zero-order valence-corrected chi connectivity index (χ0v) is 15.1. The van der Waals surface area contributed by atoms with Crippen molar-refractivity contribution in [2.24, 2.45) is 10.8 Å². The smallest absolute Gasteiger partial charge is 0.00957 e. The number of hydrogen-bond acceptors (Lipinski definition) is 0. The maximum atomic E-state index is 2.54. The maximum Gasteiger partial charge on any atom is -0.00957 e. The van der Waals surface area contributed by atoms with Crippen LogP contribution >= 0.6 is 0 Å². The Hall–Kier alpha value is -0.780. The average molecular weight is 287 g/mol. The summed E-state index contributed by atoms with van der Waals surface area (Å²) in [4.78, 5) is 0. The molecule has 2 rings (SSSR count). The minimum absolute atomic E-state index is 0.245. The quantitative estimate of drug-likeness (QED) is 0.580. The molecule has 0 radical (unpaired) electrons. The van der Waals surface area contributed by atoms with E-state index in [-0.39, 0.29) is 5.41 Å². The lowest BCUT2D eigenvalue weighted by Gasteiger charge is -2.50. The summed E-state index contributed by atoms with van der Waals surface area (Å²) in [5.41, 5.74) is 4.10. The zero-order valence-electron chi connectivity index (χ0n) is 15.1. The monoisotopic (exact) mass is 286 g/mol. The van der Waals surface area contributed by atoms with E-state index in [2.05, 4.69) is 65.8 Å². The molecule has 118 valence electrons. The van der Waals surface area contributed by atoms with Gasteiger partial charge in [0.25, 0.3) is 0 Å². The van der Waals surface area contributed by atoms with Crippen LogP contribution in [0.5, 0.6) is 0 Å². The van der Waals surface area contributed by atoms with E-state index < -0.39 is 0 Å². The molecule has 0 unspecified atom stereocenters. The van der Waals surface area contributed by atoms with Crippen molar-refractivity contribution in [3.63, 3.8) is 0 Å². The lowest BCUT2D eigenvalue weighted by molar-refractivity contribution is 0.0198. The average Bonchev–Trinajstić information content (AvgIpc) is 2.38. The van der Waals surface area contributed by atoms with Crippen molar-refractivity contribution >= 4 is 0 Å². The van der Waals surface area contributed by atoms with Crippen LogP contribution in [0, 0.1) is 17.8 Å². The second-order valence-electron chi connectivity index (χ2n) is 8.88. The molecule has 1 aromatic carbocycles. The number of benzene rings is 1. The molecule has 0 bridgehead atoms. The molecule has 0 aliphatic heterocycles. The maximum absolute atomic E-state index is 2.54. The highest BCUT2D eigenvalue weighted by Crippen LogP contribution is 2.54. The lowest BCUT2D eigenvalue weighted by Crippen LogP contribution is -2.41. The first-order valence-corrected chi connectivity index (χ1v) is 8.74. The summed E-state index contributed by atoms with van der Waals surface area (Å²) in [6, 6.07) is 8.93. The predicted octanol–water partition coefficient (Wildman–Crippen LogP) is 6.66. The van der Waals surface area contributed by atoms with Crippen molar-refractivity contribution in [1.82, 2.24) is 0 Å². The Morgan fingerprint density at radius 1 is 0.952 bits per heavy atom. The van der Waals surface area contributed by atoms with Crippen molar-refractivity contribution in [1.29, 1.82) is 0 Å². The minimum atomic E-state index is 0.245. The van der Waals surface area contributed by atoms with Gasteiger partial charge in [0.15, 0.2) is 0 Å². The van der Waals surface area contributed by atoms with Crippen LogP contribution in [-0.4, -0.2) is 0 Å². The van der Waals surface area contributed by atoms with E-state index in [1.165, 1.54) is 49.7 Å². The number of rotatable bonds is 4. The topological polar surface area (TPSA) is 0 Å². The fourth-order valence-electron chi connectivity index (χ4n) is 4.75. The molecule has 0 saturated heterocycles. The van der Waals surface area contributed by atoms with Crippen LogP contribution < -0.4 is 0 Å². The first kappa shape index (κ1) is 16.6. The van der Waals surface area contributed by atoms with Gasteiger partial charge in [-0.1, -0.05) is 78.1 Å². The Kier molecular flexibility index (Phi) is 4.57. The molecule has 1 saturated carbocycles. The molecule has 1 fully saturated rings. The highest BCUT2D eigenvalue weighted by molar-refractivity contribution is 5.32. The van der Waals surface area contributed by atoms with Gasteiger partial charge in [0.2, 0.25) is 0 Å². The predicted molar refractivity (Wildman–Crippen MR) is 93.8 cm³/mol. The van der Waals surface area contributed by atoms with Gasteiger partial charge < -0.3 is 0 Å². The van der Waals surface area contributed by atoms with Crippen LogP contribution in [0.1, 0.15) is 84.3 Å². The molecule has 21 heavy (non-hydrogen) atoms. The van der Waals surface area contributed by atoms with Crippen molar-refractivity contribution in [3.8, 4) is 0 Å². The third-order valence-electron chi connectivity index (χ3n) is 6.35. The third-order valence-corrected chi connectivity index (χ3v) is 6.35. The zero-order chi connectivity index (χ0) is 15.7. The summed E-state index contributed by atoms with van der Waals surface area (Å²) < 4.78 is 0. The summed E-state index contributed by atoms with van der Waals surface area (Å²) >= 11 is 0. The van der Waals surface area contributed by atoms with E-state index in [4.69, 9.17) is 0 Å². The molecule has 1 aromatic rings. The van der Waals surface area contributed by atoms with Crippen LogP contribution in [0.15, 0.2) is 24.3 Å². The van der Waals surface area contributed by atoms with Gasteiger partial charge in [-0.3, -0.25) is 0 Å². The Bertz CT molecular complexity index is 473. The Balaban J connectivity index is 2.24. The molecule has 1 aliphatic rings. The SMILES string of the molecule is Cc1ccccc1C(C)(C)CC(C)(C)C1(C)CCCCC1. The van der Waals surface area contributed by atoms with Crippen molar-refractivity contribution in [2.45, 2.75) is 85.5 Å². The first-order valence-electron chi connectivity index (χ1n) is 8.74. The van der Waals surface area contributed by atoms with Crippen LogP contribution in [0.2, 0.25) is 0 Å². The highest BCUT2D eigenvalue weighted by Gasteiger charge is 2.44. The van der Waals surface area contributed by atoms with Crippen molar-refractivity contribution < 1.29 is 0 Å². The molecule has 0 N–H and O–H groups in total. The van der Waals surface area contributed by atoms with E-state index in [9.17, 15) is 0 Å². The molecule has 0 nitrogen and oxygen atoms in total. The van der Waals surface area contributed by atoms with Gasteiger partial charge in [0, 0.05) is 0 Å². The molecule has 0 amide bonds. The van der Waals surface area contributed by atoms with Crippen LogP contribution in [0.4, 0.5) is 0 Å². The summed E-state index contributed by atoms with van der Waals surface area (Å²) in [7, 11) is 0. The van der Waals surface area contributed by atoms with Crippen LogP contribution in [-0.2, 0) is 5.41 Å². The lowest BCUT2D eigenvalue weighted by atomic mass is 9.55. The third kappa shape index (κ3) is 3.35. The van der Waals surface area contributed by atoms with Gasteiger partial charge >= 0.3 is 0 Å². The van der Waals surface area contributed by atoms with Crippen molar-refractivity contribution in [3.05, 3.63) is 35.4 Å². The standard InChI is InChI=1S/C21H34/c1-17-12-8-9-13-18(17)19(2,3)16-20(4,5)21(6)14-10-7-11-15-21/h8-9,12-13H,7,10-11,14-16H2,1-6H3. The second kappa shape index (κ2) is 5.78. The van der Waals surface area contributed by atoms with Gasteiger partial charge in [-0.05, 0) is 53.6 Å². The Morgan fingerprint density at radius 3 is 2.10 bits per heavy atom. The largest absolute Gasteiger partial charge is 0.0620 e. The summed E-state index contributed by atoms with van der Waals surface area (Å²) in [5.74, 6) is 0. The van der Waals surface area contributed by atoms with Gasteiger partial charge in [-0.2, -0.15) is 0 Å². The van der Waals surface area contributed by atoms with E-state index in [1.807, 2.05) is 0 Å². The van der Waals surface area contributed by atoms with Gasteiger partial charge in [0.05, 0.1) is 0 Å². The summed E-state index contributed by atoms with van der Waals surface area (Å²) in [5, 5.41) is 0. The van der Waals surface area contributed by atoms with E-state index in [1.54, 1.807) is 0 Å². The molecule has 0 atom stereocenters. The Morgan fingerprint density at radius 2 is 1.52 bits per heavy atom. The van der Waals surface area contributed by atoms with Crippen molar-refractivity contribution in [2.75, 3.05) is 0 Å². The highest BCUT2D eigenvalue weighted by atomic mass is 14.5. The molecular formula is C21H34. The Labute approximate surface area is 132 Å². The van der Waals surface area contributed by atoms with E-state index in [0.29, 0.717) is 10.8 Å². The fraction of sp³-hybridized carbons (Fsp3) is 0.714. The van der Waals surface area contributed by atoms with Crippen LogP contribution in [0.3, 0.4) is 0 Å². The molecular weight excluding hydrogens is 252 g/mol. The minimum Gasteiger partial charge on any atom is -0.0620 e. The molecule has 0 heterocycles. The van der Waals surface area contributed by atoms with Gasteiger partial charge in [-0.15, -0.1) is 0 Å². The normalized spacial score (nSPS) is 19.5. The van der Waals surface area contributed by atoms with Gasteiger partial charge in [0.1, 0.15) is 0 Å². The fourth-order valence-corrected chi connectivity index (χ4v) is 4.75. The second-order valence-corrected chi connectivity index (χ2v) is 8.88. The number of aryl methyl sites for hydroxylation is 1. The molecule has 1 aliphatic carbocycles. The van der Waals surface area contributed by atoms with Crippen LogP contribution in [0.25, 0.3) is 0 Å². The van der Waals surface area contributed by atoms with Gasteiger partial charge in [-0.25, -0.2) is 0 Å². The summed E-state index contributed by atoms with van der Waals surface area (Å²) in [6.07, 6.45) is 8.36. The molecule has 0 heteroatoms.